The molecule has 14 heavy (non-hydrogen) atoms. The topological polar surface area (TPSA) is 29.9 Å². The maximum absolute atomic E-state index is 4.31. The van der Waals surface area contributed by atoms with E-state index in [9.17, 15) is 0 Å². The van der Waals surface area contributed by atoms with Crippen LogP contribution < -0.4 is 5.32 Å². The second-order valence-electron chi connectivity index (χ2n) is 4.73. The first-order valence-corrected chi connectivity index (χ1v) is 5.99. The van der Waals surface area contributed by atoms with Crippen LogP contribution in [0.4, 0.5) is 5.95 Å². The maximum atomic E-state index is 4.31. The average Bonchev–Trinajstić information content (AvgIpc) is 2.60. The van der Waals surface area contributed by atoms with E-state index >= 15 is 0 Å². The Morgan fingerprint density at radius 3 is 2.79 bits per heavy atom. The van der Waals surface area contributed by atoms with E-state index in [1.165, 1.54) is 10.1 Å². The van der Waals surface area contributed by atoms with Crippen LogP contribution in [0.1, 0.15) is 20.3 Å². The van der Waals surface area contributed by atoms with Crippen molar-refractivity contribution in [1.82, 2.24) is 9.55 Å². The molecule has 1 aromatic heterocycles. The van der Waals surface area contributed by atoms with E-state index in [2.05, 4.69) is 51.3 Å². The molecule has 1 aliphatic rings. The van der Waals surface area contributed by atoms with Crippen molar-refractivity contribution < 1.29 is 0 Å². The van der Waals surface area contributed by atoms with Gasteiger partial charge in [-0.15, -0.1) is 0 Å². The summed E-state index contributed by atoms with van der Waals surface area (Å²) in [5.41, 5.74) is 0.547. The zero-order chi connectivity index (χ0) is 10.3. The highest BCUT2D eigenvalue weighted by molar-refractivity contribution is 14.1. The van der Waals surface area contributed by atoms with E-state index in [1.54, 1.807) is 0 Å². The van der Waals surface area contributed by atoms with Gasteiger partial charge in [-0.1, -0.05) is 13.8 Å². The van der Waals surface area contributed by atoms with Crippen molar-refractivity contribution >= 4 is 28.5 Å². The molecule has 0 amide bonds. The number of rotatable bonds is 3. The summed E-state index contributed by atoms with van der Waals surface area (Å²) in [6.45, 7) is 5.69. The highest BCUT2D eigenvalue weighted by Gasteiger charge is 2.45. The summed E-state index contributed by atoms with van der Waals surface area (Å²) < 4.78 is 3.25. The van der Waals surface area contributed by atoms with Crippen molar-refractivity contribution in [3.05, 3.63) is 9.90 Å². The number of nitrogens with zero attached hydrogens (tertiary/aromatic N) is 2. The molecule has 1 saturated carbocycles. The lowest BCUT2D eigenvalue weighted by molar-refractivity contribution is 0.571. The molecule has 1 N–H and O–H groups in total. The molecular formula is C10H16IN3. The van der Waals surface area contributed by atoms with Crippen molar-refractivity contribution in [2.24, 2.45) is 18.4 Å². The molecule has 0 spiro atoms. The number of hydrogen-bond donors (Lipinski definition) is 1. The van der Waals surface area contributed by atoms with Gasteiger partial charge in [0.1, 0.15) is 3.70 Å². The predicted octanol–water partition coefficient (Wildman–Crippen LogP) is 2.48. The van der Waals surface area contributed by atoms with Gasteiger partial charge in [0.15, 0.2) is 0 Å². The van der Waals surface area contributed by atoms with Crippen LogP contribution >= 0.6 is 22.6 Å². The van der Waals surface area contributed by atoms with Crippen LogP contribution in [0.25, 0.3) is 0 Å². The Labute approximate surface area is 98.4 Å². The van der Waals surface area contributed by atoms with Crippen LogP contribution in [0.3, 0.4) is 0 Å². The molecule has 78 valence electrons. The van der Waals surface area contributed by atoms with E-state index in [0.717, 1.165) is 18.4 Å². The lowest BCUT2D eigenvalue weighted by Gasteiger charge is -2.07. The third-order valence-corrected chi connectivity index (χ3v) is 4.16. The molecule has 1 atom stereocenters. The van der Waals surface area contributed by atoms with Gasteiger partial charge in [0.2, 0.25) is 5.95 Å². The van der Waals surface area contributed by atoms with Gasteiger partial charge in [0, 0.05) is 13.6 Å². The van der Waals surface area contributed by atoms with Crippen molar-refractivity contribution in [3.63, 3.8) is 0 Å². The Morgan fingerprint density at radius 2 is 2.36 bits per heavy atom. The van der Waals surface area contributed by atoms with Gasteiger partial charge in [-0.2, -0.15) is 0 Å². The Morgan fingerprint density at radius 1 is 1.71 bits per heavy atom. The second-order valence-corrected chi connectivity index (χ2v) is 5.84. The van der Waals surface area contributed by atoms with Crippen LogP contribution in [0.5, 0.6) is 0 Å². The quantitative estimate of drug-likeness (QED) is 0.870. The van der Waals surface area contributed by atoms with Crippen LogP contribution in [0.15, 0.2) is 6.20 Å². The van der Waals surface area contributed by atoms with E-state index in [-0.39, 0.29) is 0 Å². The molecule has 0 radical (unpaired) electrons. The van der Waals surface area contributed by atoms with E-state index in [4.69, 9.17) is 0 Å². The third kappa shape index (κ3) is 1.89. The van der Waals surface area contributed by atoms with Crippen LogP contribution in [-0.2, 0) is 7.05 Å². The van der Waals surface area contributed by atoms with Crippen LogP contribution in [-0.4, -0.2) is 16.1 Å². The normalized spacial score (nSPS) is 23.6. The van der Waals surface area contributed by atoms with Crippen molar-refractivity contribution in [1.29, 1.82) is 0 Å². The van der Waals surface area contributed by atoms with Gasteiger partial charge in [-0.05, 0) is 40.3 Å². The van der Waals surface area contributed by atoms with Crippen molar-refractivity contribution in [2.75, 3.05) is 11.9 Å². The molecule has 1 aliphatic carbocycles. The van der Waals surface area contributed by atoms with Gasteiger partial charge in [0.05, 0.1) is 6.20 Å². The number of imidazole rings is 1. The Bertz CT molecular complexity index is 343. The molecule has 0 aliphatic heterocycles. The molecule has 1 fully saturated rings. The van der Waals surface area contributed by atoms with Crippen molar-refractivity contribution in [2.45, 2.75) is 20.3 Å². The minimum absolute atomic E-state index is 0.547. The Hall–Kier alpha value is -0.260. The fourth-order valence-electron chi connectivity index (χ4n) is 1.69. The van der Waals surface area contributed by atoms with Crippen LogP contribution in [0.2, 0.25) is 0 Å². The molecule has 1 unspecified atom stereocenters. The SMILES string of the molecule is Cn1c(I)cnc1NCC1CC1(C)C. The number of aromatic nitrogens is 2. The van der Waals surface area contributed by atoms with Gasteiger partial charge in [0.25, 0.3) is 0 Å². The molecule has 0 saturated heterocycles. The number of halogens is 1. The molecule has 0 bridgehead atoms. The summed E-state index contributed by atoms with van der Waals surface area (Å²) in [4.78, 5) is 4.31. The zero-order valence-electron chi connectivity index (χ0n) is 8.84. The second kappa shape index (κ2) is 3.40. The number of hydrogen-bond acceptors (Lipinski definition) is 2. The minimum Gasteiger partial charge on any atom is -0.355 e. The monoisotopic (exact) mass is 305 g/mol. The maximum Gasteiger partial charge on any atom is 0.203 e. The lowest BCUT2D eigenvalue weighted by Crippen LogP contribution is -2.11. The fourth-order valence-corrected chi connectivity index (χ4v) is 2.06. The summed E-state index contributed by atoms with van der Waals surface area (Å²) in [6, 6.07) is 0. The Kier molecular flexibility index (Phi) is 2.49. The van der Waals surface area contributed by atoms with E-state index < -0.39 is 0 Å². The highest BCUT2D eigenvalue weighted by Crippen LogP contribution is 2.51. The smallest absolute Gasteiger partial charge is 0.203 e. The third-order valence-electron chi connectivity index (χ3n) is 3.16. The first kappa shape index (κ1) is 10.3. The summed E-state index contributed by atoms with van der Waals surface area (Å²) in [5, 5.41) is 3.40. The first-order chi connectivity index (χ1) is 6.50. The first-order valence-electron chi connectivity index (χ1n) is 4.92. The molecule has 1 aromatic rings. The van der Waals surface area contributed by atoms with Gasteiger partial charge in [-0.25, -0.2) is 4.98 Å². The predicted molar refractivity (Wildman–Crippen MR) is 66.3 cm³/mol. The molecule has 4 heteroatoms. The molecule has 0 aromatic carbocycles. The molecule has 1 heterocycles. The van der Waals surface area contributed by atoms with E-state index in [0.29, 0.717) is 5.41 Å². The van der Waals surface area contributed by atoms with Crippen molar-refractivity contribution in [3.8, 4) is 0 Å². The molecule has 2 rings (SSSR count). The van der Waals surface area contributed by atoms with Gasteiger partial charge < -0.3 is 9.88 Å². The number of nitrogens with one attached hydrogen (secondary N) is 1. The standard InChI is InChI=1S/C10H16IN3/c1-10(2)4-7(10)5-12-9-13-6-8(11)14(9)3/h6-7H,4-5H2,1-3H3,(H,12,13). The zero-order valence-corrected chi connectivity index (χ0v) is 11.0. The fraction of sp³-hybridized carbons (Fsp3) is 0.700. The lowest BCUT2D eigenvalue weighted by atomic mass is 10.1. The summed E-state index contributed by atoms with van der Waals surface area (Å²) >= 11 is 2.29. The average molecular weight is 305 g/mol. The summed E-state index contributed by atoms with van der Waals surface area (Å²) in [6.07, 6.45) is 3.22. The van der Waals surface area contributed by atoms with E-state index in [1.807, 2.05) is 13.2 Å². The Balaban J connectivity index is 1.90. The highest BCUT2D eigenvalue weighted by atomic mass is 127. The van der Waals surface area contributed by atoms with Gasteiger partial charge in [-0.3, -0.25) is 0 Å². The van der Waals surface area contributed by atoms with Crippen LogP contribution in [0, 0.1) is 15.0 Å². The summed E-state index contributed by atoms with van der Waals surface area (Å²) in [7, 11) is 2.04. The largest absolute Gasteiger partial charge is 0.355 e. The number of anilines is 1. The molecular weight excluding hydrogens is 289 g/mol. The summed E-state index contributed by atoms with van der Waals surface area (Å²) in [5.74, 6) is 1.80. The molecule has 3 nitrogen and oxygen atoms in total. The van der Waals surface area contributed by atoms with Gasteiger partial charge >= 0.3 is 0 Å². The minimum atomic E-state index is 0.547.